The predicted molar refractivity (Wildman–Crippen MR) is 120 cm³/mol. The van der Waals surface area contributed by atoms with Gasteiger partial charge in [-0.25, -0.2) is 4.98 Å². The van der Waals surface area contributed by atoms with E-state index in [0.717, 1.165) is 50.5 Å². The molecule has 32 heavy (non-hydrogen) atoms. The third-order valence-corrected chi connectivity index (χ3v) is 5.96. The largest absolute Gasteiger partial charge is 0.508 e. The molecule has 1 unspecified atom stereocenters. The van der Waals surface area contributed by atoms with E-state index in [4.69, 9.17) is 14.9 Å². The van der Waals surface area contributed by atoms with Crippen molar-refractivity contribution in [3.05, 3.63) is 56.9 Å². The summed E-state index contributed by atoms with van der Waals surface area (Å²) in [5.74, 6) is -0.475. The fraction of sp³-hybridized carbons (Fsp3) is 0.375. The Kier molecular flexibility index (Phi) is 5.75. The van der Waals surface area contributed by atoms with Gasteiger partial charge in [-0.05, 0) is 48.2 Å². The number of phenolic OH excluding ortho intramolecular Hbond substituents is 1. The SMILES string of the molecule is CCc1c2c(nc3ccc(O)cc13)-c1cc3c(c(=O)n1C2)COC(=O)C3CC.CN(C)O. The van der Waals surface area contributed by atoms with Crippen molar-refractivity contribution in [2.45, 2.75) is 45.8 Å². The Balaban J connectivity index is 0.000000567. The van der Waals surface area contributed by atoms with Crippen molar-refractivity contribution in [3.8, 4) is 17.1 Å². The van der Waals surface area contributed by atoms with Crippen LogP contribution in [0.5, 0.6) is 5.75 Å². The minimum absolute atomic E-state index is 0.0318. The smallest absolute Gasteiger partial charge is 0.313 e. The summed E-state index contributed by atoms with van der Waals surface area (Å²) in [6, 6.07) is 7.11. The highest BCUT2D eigenvalue weighted by Gasteiger charge is 2.34. The Morgan fingerprint density at radius 1 is 1.19 bits per heavy atom. The van der Waals surface area contributed by atoms with Gasteiger partial charge < -0.3 is 19.6 Å². The predicted octanol–water partition coefficient (Wildman–Crippen LogP) is 3.18. The van der Waals surface area contributed by atoms with E-state index in [2.05, 4.69) is 6.92 Å². The molecule has 3 aromatic rings. The maximum Gasteiger partial charge on any atom is 0.313 e. The third kappa shape index (κ3) is 3.55. The molecule has 168 valence electrons. The number of benzene rings is 1. The molecule has 8 heteroatoms. The number of fused-ring (bicyclic) bond motifs is 5. The molecule has 0 fully saturated rings. The summed E-state index contributed by atoms with van der Waals surface area (Å²) in [6.07, 6.45) is 1.36. The zero-order valence-corrected chi connectivity index (χ0v) is 18.7. The molecule has 0 aliphatic carbocycles. The summed E-state index contributed by atoms with van der Waals surface area (Å²) < 4.78 is 6.99. The lowest BCUT2D eigenvalue weighted by Gasteiger charge is -2.24. The first-order chi connectivity index (χ1) is 15.3. The van der Waals surface area contributed by atoms with Crippen LogP contribution in [-0.2, 0) is 29.1 Å². The highest BCUT2D eigenvalue weighted by Crippen LogP contribution is 2.39. The van der Waals surface area contributed by atoms with Crippen LogP contribution in [0.4, 0.5) is 0 Å². The molecule has 5 rings (SSSR count). The number of aromatic nitrogens is 2. The van der Waals surface area contributed by atoms with Crippen LogP contribution in [-0.4, -0.2) is 45.0 Å². The quantitative estimate of drug-likeness (QED) is 0.367. The standard InChI is InChI=1S/C22H20N2O4.C2H7NO/c1-3-12-15-7-11(25)5-6-18(15)23-20-16(12)9-24-19(20)8-14-13(4-2)22(27)28-10-17(14)21(24)26;1-3(2)4/h5-8,13,25H,3-4,9-10H2,1-2H3;4H,1-2H3. The van der Waals surface area contributed by atoms with E-state index in [1.54, 1.807) is 36.9 Å². The van der Waals surface area contributed by atoms with Crippen LogP contribution in [0.1, 0.15) is 48.4 Å². The lowest BCUT2D eigenvalue weighted by atomic mass is 9.90. The number of nitrogens with zero attached hydrogens (tertiary/aromatic N) is 3. The van der Waals surface area contributed by atoms with Crippen LogP contribution in [0.25, 0.3) is 22.3 Å². The van der Waals surface area contributed by atoms with Crippen LogP contribution in [0.2, 0.25) is 0 Å². The van der Waals surface area contributed by atoms with Gasteiger partial charge in [0, 0.05) is 25.0 Å². The highest BCUT2D eigenvalue weighted by molar-refractivity contribution is 5.89. The topological polar surface area (TPSA) is 105 Å². The van der Waals surface area contributed by atoms with E-state index in [-0.39, 0.29) is 23.9 Å². The van der Waals surface area contributed by atoms with Gasteiger partial charge in [0.15, 0.2) is 0 Å². The molecular weight excluding hydrogens is 410 g/mol. The molecular formula is C24H27N3O5. The van der Waals surface area contributed by atoms with Gasteiger partial charge in [0.05, 0.1) is 34.9 Å². The van der Waals surface area contributed by atoms with Gasteiger partial charge in [-0.2, -0.15) is 5.06 Å². The Hall–Kier alpha value is -3.23. The first kappa shape index (κ1) is 22.0. The zero-order valence-electron chi connectivity index (χ0n) is 18.7. The van der Waals surface area contributed by atoms with Gasteiger partial charge in [-0.1, -0.05) is 13.8 Å². The lowest BCUT2D eigenvalue weighted by Crippen LogP contribution is -2.32. The fourth-order valence-corrected chi connectivity index (χ4v) is 4.58. The van der Waals surface area contributed by atoms with Crippen molar-refractivity contribution in [1.82, 2.24) is 14.6 Å². The monoisotopic (exact) mass is 437 g/mol. The summed E-state index contributed by atoms with van der Waals surface area (Å²) in [5, 5.41) is 19.7. The first-order valence-corrected chi connectivity index (χ1v) is 10.7. The summed E-state index contributed by atoms with van der Waals surface area (Å²) in [6.45, 7) is 4.47. The van der Waals surface area contributed by atoms with E-state index in [1.165, 1.54) is 0 Å². The van der Waals surface area contributed by atoms with Gasteiger partial charge in [0.25, 0.3) is 5.56 Å². The molecule has 0 bridgehead atoms. The second kappa shape index (κ2) is 8.37. The summed E-state index contributed by atoms with van der Waals surface area (Å²) in [5.41, 5.74) is 5.69. The van der Waals surface area contributed by atoms with Crippen molar-refractivity contribution in [2.75, 3.05) is 14.1 Å². The zero-order chi connectivity index (χ0) is 23.2. The summed E-state index contributed by atoms with van der Waals surface area (Å²) in [4.78, 5) is 30.2. The number of hydrogen-bond donors (Lipinski definition) is 2. The second-order valence-electron chi connectivity index (χ2n) is 8.24. The molecule has 0 amide bonds. The number of rotatable bonds is 2. The van der Waals surface area contributed by atoms with E-state index >= 15 is 0 Å². The number of aryl methyl sites for hydroxylation is 1. The molecule has 2 N–H and O–H groups in total. The number of esters is 1. The van der Waals surface area contributed by atoms with E-state index < -0.39 is 5.92 Å². The van der Waals surface area contributed by atoms with Crippen LogP contribution in [0.3, 0.4) is 0 Å². The number of ether oxygens (including phenoxy) is 1. The van der Waals surface area contributed by atoms with E-state index in [0.29, 0.717) is 18.5 Å². The maximum absolute atomic E-state index is 13.2. The van der Waals surface area contributed by atoms with Crippen LogP contribution in [0, 0.1) is 0 Å². The number of pyridine rings is 2. The number of phenols is 1. The highest BCUT2D eigenvalue weighted by atomic mass is 16.5. The number of carbonyl (C=O) groups excluding carboxylic acids is 1. The first-order valence-electron chi connectivity index (χ1n) is 10.7. The fourth-order valence-electron chi connectivity index (χ4n) is 4.58. The van der Waals surface area contributed by atoms with E-state index in [9.17, 15) is 14.7 Å². The number of cyclic esters (lactones) is 1. The molecule has 4 heterocycles. The number of hydroxylamine groups is 2. The van der Waals surface area contributed by atoms with Crippen molar-refractivity contribution >= 4 is 16.9 Å². The molecule has 2 aliphatic rings. The number of aromatic hydroxyl groups is 1. The Labute approximate surface area is 185 Å². The average molecular weight is 437 g/mol. The minimum atomic E-state index is -0.408. The van der Waals surface area contributed by atoms with Crippen molar-refractivity contribution in [1.29, 1.82) is 0 Å². The molecule has 0 spiro atoms. The lowest BCUT2D eigenvalue weighted by molar-refractivity contribution is -0.148. The van der Waals surface area contributed by atoms with E-state index in [1.807, 2.05) is 13.0 Å². The van der Waals surface area contributed by atoms with Gasteiger partial charge in [-0.15, -0.1) is 0 Å². The maximum atomic E-state index is 13.2. The molecule has 0 saturated carbocycles. The molecule has 2 aliphatic heterocycles. The van der Waals surface area contributed by atoms with Gasteiger partial charge in [0.1, 0.15) is 12.4 Å². The van der Waals surface area contributed by atoms with Crippen LogP contribution >= 0.6 is 0 Å². The van der Waals surface area contributed by atoms with Crippen molar-refractivity contribution < 1.29 is 19.8 Å². The normalized spacial score (nSPS) is 16.2. The molecule has 8 nitrogen and oxygen atoms in total. The Bertz CT molecular complexity index is 1280. The van der Waals surface area contributed by atoms with Crippen LogP contribution < -0.4 is 5.56 Å². The Morgan fingerprint density at radius 3 is 2.56 bits per heavy atom. The van der Waals surface area contributed by atoms with Crippen LogP contribution in [0.15, 0.2) is 29.1 Å². The van der Waals surface area contributed by atoms with Crippen molar-refractivity contribution in [3.63, 3.8) is 0 Å². The average Bonchev–Trinajstić information content (AvgIpc) is 3.10. The van der Waals surface area contributed by atoms with Gasteiger partial charge in [-0.3, -0.25) is 9.59 Å². The van der Waals surface area contributed by atoms with Gasteiger partial charge in [0.2, 0.25) is 0 Å². The number of hydrogen-bond acceptors (Lipinski definition) is 7. The number of carbonyl (C=O) groups is 1. The molecule has 1 aromatic carbocycles. The minimum Gasteiger partial charge on any atom is -0.508 e. The molecule has 1 atom stereocenters. The summed E-state index contributed by atoms with van der Waals surface area (Å²) in [7, 11) is 3.11. The molecule has 0 radical (unpaired) electrons. The second-order valence-corrected chi connectivity index (χ2v) is 8.24. The third-order valence-electron chi connectivity index (χ3n) is 5.96. The summed E-state index contributed by atoms with van der Waals surface area (Å²) >= 11 is 0. The molecule has 2 aromatic heterocycles. The van der Waals surface area contributed by atoms with Crippen molar-refractivity contribution in [2.24, 2.45) is 0 Å². The van der Waals surface area contributed by atoms with Gasteiger partial charge >= 0.3 is 5.97 Å². The molecule has 0 saturated heterocycles. The Morgan fingerprint density at radius 2 is 1.91 bits per heavy atom.